The SMILES string of the molecule is COc1cc(C2CCC2C(=O)O)sn1. The van der Waals surface area contributed by atoms with Gasteiger partial charge in [-0.05, 0) is 24.4 Å². The Morgan fingerprint density at radius 3 is 2.93 bits per heavy atom. The summed E-state index contributed by atoms with van der Waals surface area (Å²) in [6.45, 7) is 0. The molecular weight excluding hydrogens is 202 g/mol. The highest BCUT2D eigenvalue weighted by Crippen LogP contribution is 2.44. The molecule has 0 saturated heterocycles. The number of aromatic nitrogens is 1. The van der Waals surface area contributed by atoms with Gasteiger partial charge >= 0.3 is 5.97 Å². The van der Waals surface area contributed by atoms with E-state index in [2.05, 4.69) is 4.37 Å². The summed E-state index contributed by atoms with van der Waals surface area (Å²) in [5.41, 5.74) is 0. The molecule has 0 spiro atoms. The topological polar surface area (TPSA) is 59.4 Å². The largest absolute Gasteiger partial charge is 0.481 e. The van der Waals surface area contributed by atoms with Crippen LogP contribution in [0, 0.1) is 5.92 Å². The third-order valence-electron chi connectivity index (χ3n) is 2.67. The lowest BCUT2D eigenvalue weighted by Gasteiger charge is -2.31. The van der Waals surface area contributed by atoms with Crippen LogP contribution in [0.3, 0.4) is 0 Å². The van der Waals surface area contributed by atoms with E-state index < -0.39 is 5.97 Å². The lowest BCUT2D eigenvalue weighted by atomic mass is 9.73. The predicted molar refractivity (Wildman–Crippen MR) is 51.8 cm³/mol. The Kier molecular flexibility index (Phi) is 2.41. The second kappa shape index (κ2) is 3.57. The molecule has 0 amide bonds. The van der Waals surface area contributed by atoms with E-state index in [9.17, 15) is 4.79 Å². The van der Waals surface area contributed by atoms with Gasteiger partial charge in [0.25, 0.3) is 0 Å². The molecule has 0 aromatic carbocycles. The summed E-state index contributed by atoms with van der Waals surface area (Å²) >= 11 is 1.34. The maximum Gasteiger partial charge on any atom is 0.307 e. The number of hydrogen-bond donors (Lipinski definition) is 1. The highest BCUT2D eigenvalue weighted by atomic mass is 32.1. The Labute approximate surface area is 85.7 Å². The predicted octanol–water partition coefficient (Wildman–Crippen LogP) is 1.73. The Morgan fingerprint density at radius 2 is 2.50 bits per heavy atom. The van der Waals surface area contributed by atoms with E-state index in [0.717, 1.165) is 17.7 Å². The van der Waals surface area contributed by atoms with Crippen molar-refractivity contribution in [3.63, 3.8) is 0 Å². The molecule has 5 heteroatoms. The summed E-state index contributed by atoms with van der Waals surface area (Å²) in [5, 5.41) is 8.88. The first-order valence-electron chi connectivity index (χ1n) is 4.45. The van der Waals surface area contributed by atoms with Gasteiger partial charge < -0.3 is 9.84 Å². The normalized spacial score (nSPS) is 25.5. The lowest BCUT2D eigenvalue weighted by Crippen LogP contribution is -2.30. The first-order valence-corrected chi connectivity index (χ1v) is 5.23. The van der Waals surface area contributed by atoms with Crippen molar-refractivity contribution in [3.8, 4) is 5.88 Å². The first kappa shape index (κ1) is 9.45. The smallest absolute Gasteiger partial charge is 0.307 e. The fourth-order valence-corrected chi connectivity index (χ4v) is 2.57. The van der Waals surface area contributed by atoms with Gasteiger partial charge in [-0.1, -0.05) is 0 Å². The molecule has 0 aliphatic heterocycles. The van der Waals surface area contributed by atoms with E-state index in [1.165, 1.54) is 11.5 Å². The minimum Gasteiger partial charge on any atom is -0.481 e. The van der Waals surface area contributed by atoms with E-state index in [1.807, 2.05) is 6.07 Å². The van der Waals surface area contributed by atoms with Crippen LogP contribution in [0.2, 0.25) is 0 Å². The number of methoxy groups -OCH3 is 1. The quantitative estimate of drug-likeness (QED) is 0.830. The van der Waals surface area contributed by atoms with Crippen molar-refractivity contribution < 1.29 is 14.6 Å². The van der Waals surface area contributed by atoms with Crippen molar-refractivity contribution in [2.75, 3.05) is 7.11 Å². The zero-order valence-corrected chi connectivity index (χ0v) is 8.58. The highest BCUT2D eigenvalue weighted by Gasteiger charge is 2.38. The van der Waals surface area contributed by atoms with E-state index in [4.69, 9.17) is 9.84 Å². The number of carboxylic acids is 1. The van der Waals surface area contributed by atoms with Gasteiger partial charge in [0.05, 0.1) is 13.0 Å². The molecule has 1 aromatic rings. The van der Waals surface area contributed by atoms with Crippen LogP contribution in [-0.4, -0.2) is 22.6 Å². The maximum absolute atomic E-state index is 10.8. The zero-order valence-electron chi connectivity index (χ0n) is 7.77. The molecule has 76 valence electrons. The van der Waals surface area contributed by atoms with Gasteiger partial charge in [0, 0.05) is 16.9 Å². The molecule has 0 radical (unpaired) electrons. The third kappa shape index (κ3) is 1.48. The molecule has 2 rings (SSSR count). The molecule has 0 bridgehead atoms. The average molecular weight is 213 g/mol. The molecular formula is C9H11NO3S. The van der Waals surface area contributed by atoms with Crippen LogP contribution in [0.5, 0.6) is 5.88 Å². The van der Waals surface area contributed by atoms with E-state index in [0.29, 0.717) is 5.88 Å². The van der Waals surface area contributed by atoms with Gasteiger partial charge in [-0.15, -0.1) is 0 Å². The van der Waals surface area contributed by atoms with Gasteiger partial charge in [-0.2, -0.15) is 4.37 Å². The molecule has 1 saturated carbocycles. The number of carbonyl (C=O) groups is 1. The number of ether oxygens (including phenoxy) is 1. The summed E-state index contributed by atoms with van der Waals surface area (Å²) in [6, 6.07) is 1.84. The molecule has 4 nitrogen and oxygen atoms in total. The molecule has 1 heterocycles. The van der Waals surface area contributed by atoms with Crippen LogP contribution in [0.15, 0.2) is 6.07 Å². The van der Waals surface area contributed by atoms with Gasteiger partial charge in [0.2, 0.25) is 5.88 Å². The Balaban J connectivity index is 2.12. The summed E-state index contributed by atoms with van der Waals surface area (Å²) in [5.74, 6) is -0.191. The number of carboxylic acid groups (broad SMARTS) is 1. The van der Waals surface area contributed by atoms with Crippen LogP contribution in [-0.2, 0) is 4.79 Å². The molecule has 14 heavy (non-hydrogen) atoms. The average Bonchev–Trinajstić information content (AvgIpc) is 2.49. The van der Waals surface area contributed by atoms with Crippen LogP contribution < -0.4 is 4.74 Å². The van der Waals surface area contributed by atoms with Crippen molar-refractivity contribution in [3.05, 3.63) is 10.9 Å². The number of rotatable bonds is 3. The minimum atomic E-state index is -0.700. The van der Waals surface area contributed by atoms with Crippen molar-refractivity contribution in [1.29, 1.82) is 0 Å². The lowest BCUT2D eigenvalue weighted by molar-refractivity contribution is -0.145. The molecule has 2 unspecified atom stereocenters. The van der Waals surface area contributed by atoms with Gasteiger partial charge in [0.1, 0.15) is 0 Å². The van der Waals surface area contributed by atoms with E-state index in [-0.39, 0.29) is 11.8 Å². The number of nitrogens with zero attached hydrogens (tertiary/aromatic N) is 1. The summed E-state index contributed by atoms with van der Waals surface area (Å²) in [6.07, 6.45) is 1.72. The fraction of sp³-hybridized carbons (Fsp3) is 0.556. The van der Waals surface area contributed by atoms with Gasteiger partial charge in [-0.3, -0.25) is 4.79 Å². The molecule has 1 aliphatic carbocycles. The maximum atomic E-state index is 10.8. The monoisotopic (exact) mass is 213 g/mol. The van der Waals surface area contributed by atoms with Crippen LogP contribution in [0.1, 0.15) is 23.6 Å². The Hall–Kier alpha value is -1.10. The van der Waals surface area contributed by atoms with Crippen LogP contribution in [0.4, 0.5) is 0 Å². The van der Waals surface area contributed by atoms with Crippen molar-refractivity contribution >= 4 is 17.5 Å². The first-order chi connectivity index (χ1) is 6.72. The second-order valence-electron chi connectivity index (χ2n) is 3.40. The van der Waals surface area contributed by atoms with Crippen molar-refractivity contribution in [1.82, 2.24) is 4.37 Å². The minimum absolute atomic E-state index is 0.147. The van der Waals surface area contributed by atoms with Crippen molar-refractivity contribution in [2.45, 2.75) is 18.8 Å². The zero-order chi connectivity index (χ0) is 10.1. The third-order valence-corrected chi connectivity index (χ3v) is 3.58. The fourth-order valence-electron chi connectivity index (χ4n) is 1.68. The highest BCUT2D eigenvalue weighted by molar-refractivity contribution is 7.06. The summed E-state index contributed by atoms with van der Waals surface area (Å²) < 4.78 is 9.02. The van der Waals surface area contributed by atoms with Crippen molar-refractivity contribution in [2.24, 2.45) is 5.92 Å². The second-order valence-corrected chi connectivity index (χ2v) is 4.24. The van der Waals surface area contributed by atoms with Crippen LogP contribution >= 0.6 is 11.5 Å². The molecule has 1 N–H and O–H groups in total. The van der Waals surface area contributed by atoms with E-state index >= 15 is 0 Å². The van der Waals surface area contributed by atoms with Gasteiger partial charge in [0.15, 0.2) is 0 Å². The Bertz CT molecular complexity index is 350. The number of hydrogen-bond acceptors (Lipinski definition) is 4. The van der Waals surface area contributed by atoms with E-state index in [1.54, 1.807) is 7.11 Å². The molecule has 1 aromatic heterocycles. The Morgan fingerprint density at radius 1 is 1.71 bits per heavy atom. The molecule has 1 aliphatic rings. The standard InChI is InChI=1S/C9H11NO3S/c1-13-8-4-7(14-10-8)5-2-3-6(5)9(11)12/h4-6H,2-3H2,1H3,(H,11,12). The van der Waals surface area contributed by atoms with Gasteiger partial charge in [-0.25, -0.2) is 0 Å². The molecule has 2 atom stereocenters. The molecule has 1 fully saturated rings. The summed E-state index contributed by atoms with van der Waals surface area (Å²) in [4.78, 5) is 11.8. The van der Waals surface area contributed by atoms with Crippen LogP contribution in [0.25, 0.3) is 0 Å². The number of aliphatic carboxylic acids is 1. The summed E-state index contributed by atoms with van der Waals surface area (Å²) in [7, 11) is 1.56.